The predicted octanol–water partition coefficient (Wildman–Crippen LogP) is 5.14. The predicted molar refractivity (Wildman–Crippen MR) is 130 cm³/mol. The van der Waals surface area contributed by atoms with E-state index in [1.807, 2.05) is 39.0 Å². The van der Waals surface area contributed by atoms with Crippen molar-refractivity contribution >= 4 is 56.8 Å². The van der Waals surface area contributed by atoms with Crippen LogP contribution in [0.3, 0.4) is 0 Å². The van der Waals surface area contributed by atoms with Crippen molar-refractivity contribution in [2.45, 2.75) is 20.8 Å². The van der Waals surface area contributed by atoms with Crippen molar-refractivity contribution in [1.29, 1.82) is 0 Å². The van der Waals surface area contributed by atoms with E-state index in [-0.39, 0.29) is 10.7 Å². The minimum atomic E-state index is -0.567. The van der Waals surface area contributed by atoms with Gasteiger partial charge in [0.1, 0.15) is 11.4 Å². The van der Waals surface area contributed by atoms with Crippen molar-refractivity contribution in [3.05, 3.63) is 86.9 Å². The standard InChI is InChI=1S/C24H19BrFN3O2S/c1-13-10-19(8-9-21(13)25)28-14(2)11-16(15(28)3)12-20-22(30)27-24(32)29(23(20)31)18-6-4-17(26)5-7-18/h4-12H,1-3H3,(H,27,30,32)/b20-12-. The SMILES string of the molecule is Cc1cc(-n2c(C)cc(/C=C3/C(=O)NC(=S)N(c4ccc(F)cc4)C3=O)c2C)ccc1Br. The lowest BCUT2D eigenvalue weighted by atomic mass is 10.1. The average molecular weight is 512 g/mol. The number of carbonyl (C=O) groups is 2. The maximum Gasteiger partial charge on any atom is 0.270 e. The van der Waals surface area contributed by atoms with Crippen molar-refractivity contribution in [2.75, 3.05) is 4.90 Å². The molecule has 8 heteroatoms. The Bertz CT molecular complexity index is 1310. The molecule has 2 amide bonds. The van der Waals surface area contributed by atoms with Gasteiger partial charge < -0.3 is 4.57 Å². The Hall–Kier alpha value is -3.10. The number of hydrogen-bond donors (Lipinski definition) is 1. The van der Waals surface area contributed by atoms with E-state index in [2.05, 4.69) is 31.9 Å². The van der Waals surface area contributed by atoms with Crippen molar-refractivity contribution < 1.29 is 14.0 Å². The summed E-state index contributed by atoms with van der Waals surface area (Å²) in [7, 11) is 0. The zero-order valence-corrected chi connectivity index (χ0v) is 20.0. The van der Waals surface area contributed by atoms with E-state index >= 15 is 0 Å². The van der Waals surface area contributed by atoms with Crippen LogP contribution in [-0.4, -0.2) is 21.5 Å². The number of amides is 2. The van der Waals surface area contributed by atoms with Crippen LogP contribution in [0.4, 0.5) is 10.1 Å². The molecule has 0 aliphatic carbocycles. The molecule has 5 nitrogen and oxygen atoms in total. The number of hydrogen-bond acceptors (Lipinski definition) is 3. The van der Waals surface area contributed by atoms with E-state index in [1.165, 1.54) is 29.2 Å². The second kappa shape index (κ2) is 8.44. The summed E-state index contributed by atoms with van der Waals surface area (Å²) in [5, 5.41) is 2.51. The highest BCUT2D eigenvalue weighted by molar-refractivity contribution is 9.10. The highest BCUT2D eigenvalue weighted by Gasteiger charge is 2.34. The topological polar surface area (TPSA) is 54.3 Å². The first-order valence-electron chi connectivity index (χ1n) is 9.80. The Morgan fingerprint density at radius 2 is 1.66 bits per heavy atom. The summed E-state index contributed by atoms with van der Waals surface area (Å²) < 4.78 is 16.4. The number of halogens is 2. The van der Waals surface area contributed by atoms with Gasteiger partial charge in [-0.3, -0.25) is 19.8 Å². The monoisotopic (exact) mass is 511 g/mol. The fourth-order valence-electron chi connectivity index (χ4n) is 3.74. The molecule has 2 aromatic carbocycles. The highest BCUT2D eigenvalue weighted by Crippen LogP contribution is 2.28. The Balaban J connectivity index is 1.76. The molecule has 0 radical (unpaired) electrons. The van der Waals surface area contributed by atoms with Gasteiger partial charge >= 0.3 is 0 Å². The number of anilines is 1. The summed E-state index contributed by atoms with van der Waals surface area (Å²) in [5.41, 5.74) is 5.01. The molecule has 162 valence electrons. The first-order chi connectivity index (χ1) is 15.2. The maximum absolute atomic E-state index is 13.3. The van der Waals surface area contributed by atoms with Crippen LogP contribution < -0.4 is 10.2 Å². The van der Waals surface area contributed by atoms with Crippen LogP contribution in [0.15, 0.2) is 58.6 Å². The molecule has 1 fully saturated rings. The minimum Gasteiger partial charge on any atom is -0.318 e. The van der Waals surface area contributed by atoms with Crippen molar-refractivity contribution in [2.24, 2.45) is 0 Å². The molecule has 32 heavy (non-hydrogen) atoms. The molecule has 1 N–H and O–H groups in total. The second-order valence-corrected chi connectivity index (χ2v) is 8.77. The summed E-state index contributed by atoms with van der Waals surface area (Å²) in [6, 6.07) is 13.3. The lowest BCUT2D eigenvalue weighted by molar-refractivity contribution is -0.122. The van der Waals surface area contributed by atoms with Gasteiger partial charge in [0.05, 0.1) is 5.69 Å². The molecule has 0 saturated carbocycles. The molecule has 0 bridgehead atoms. The number of aromatic nitrogens is 1. The Kier molecular flexibility index (Phi) is 5.83. The van der Waals surface area contributed by atoms with E-state index in [0.717, 1.165) is 32.7 Å². The normalized spacial score (nSPS) is 15.5. The Labute approximate surface area is 198 Å². The third-order valence-corrected chi connectivity index (χ3v) is 6.53. The van der Waals surface area contributed by atoms with E-state index in [9.17, 15) is 14.0 Å². The van der Waals surface area contributed by atoms with E-state index in [0.29, 0.717) is 5.69 Å². The van der Waals surface area contributed by atoms with Gasteiger partial charge in [0, 0.05) is 21.5 Å². The summed E-state index contributed by atoms with van der Waals surface area (Å²) in [6.07, 6.45) is 1.57. The third kappa shape index (κ3) is 3.91. The third-order valence-electron chi connectivity index (χ3n) is 5.36. The van der Waals surface area contributed by atoms with Crippen LogP contribution in [-0.2, 0) is 9.59 Å². The molecule has 1 saturated heterocycles. The van der Waals surface area contributed by atoms with Crippen molar-refractivity contribution in [1.82, 2.24) is 9.88 Å². The van der Waals surface area contributed by atoms with Crippen molar-refractivity contribution in [3.63, 3.8) is 0 Å². The lowest BCUT2D eigenvalue weighted by Crippen LogP contribution is -2.54. The maximum atomic E-state index is 13.3. The smallest absolute Gasteiger partial charge is 0.270 e. The molecular weight excluding hydrogens is 493 g/mol. The van der Waals surface area contributed by atoms with Crippen LogP contribution >= 0.6 is 28.1 Å². The number of carbonyl (C=O) groups excluding carboxylic acids is 2. The summed E-state index contributed by atoms with van der Waals surface area (Å²) in [5.74, 6) is -1.56. The van der Waals surface area contributed by atoms with Crippen LogP contribution in [0.25, 0.3) is 11.8 Å². The number of nitrogens with zero attached hydrogens (tertiary/aromatic N) is 2. The number of benzene rings is 2. The summed E-state index contributed by atoms with van der Waals surface area (Å²) >= 11 is 8.72. The Morgan fingerprint density at radius 1 is 1.00 bits per heavy atom. The zero-order valence-electron chi connectivity index (χ0n) is 17.6. The molecule has 0 spiro atoms. The van der Waals surface area contributed by atoms with Crippen LogP contribution in [0.2, 0.25) is 0 Å². The number of thiocarbonyl (C=S) groups is 1. The molecule has 4 rings (SSSR count). The van der Waals surface area contributed by atoms with Crippen molar-refractivity contribution in [3.8, 4) is 5.69 Å². The fraction of sp³-hybridized carbons (Fsp3) is 0.125. The van der Waals surface area contributed by atoms with E-state index < -0.39 is 17.6 Å². The second-order valence-electron chi connectivity index (χ2n) is 7.53. The van der Waals surface area contributed by atoms with Gasteiger partial charge in [0.25, 0.3) is 11.8 Å². The fourth-order valence-corrected chi connectivity index (χ4v) is 4.26. The first-order valence-corrected chi connectivity index (χ1v) is 11.0. The minimum absolute atomic E-state index is 0.0421. The van der Waals surface area contributed by atoms with Gasteiger partial charge in [-0.1, -0.05) is 15.9 Å². The van der Waals surface area contributed by atoms with Crippen LogP contribution in [0.5, 0.6) is 0 Å². The molecular formula is C24H19BrFN3O2S. The molecule has 3 aromatic rings. The van der Waals surface area contributed by atoms with E-state index in [4.69, 9.17) is 12.2 Å². The lowest BCUT2D eigenvalue weighted by Gasteiger charge is -2.28. The quantitative estimate of drug-likeness (QED) is 0.301. The van der Waals surface area contributed by atoms with Gasteiger partial charge in [-0.05, 0) is 98.7 Å². The highest BCUT2D eigenvalue weighted by atomic mass is 79.9. The van der Waals surface area contributed by atoms with Crippen LogP contribution in [0, 0.1) is 26.6 Å². The van der Waals surface area contributed by atoms with E-state index in [1.54, 1.807) is 6.08 Å². The first kappa shape index (κ1) is 22.1. The number of rotatable bonds is 3. The number of aryl methyl sites for hydroxylation is 2. The summed E-state index contributed by atoms with van der Waals surface area (Å²) in [4.78, 5) is 27.0. The number of nitrogens with one attached hydrogen (secondary N) is 1. The Morgan fingerprint density at radius 3 is 2.31 bits per heavy atom. The largest absolute Gasteiger partial charge is 0.318 e. The zero-order chi connectivity index (χ0) is 23.2. The van der Waals surface area contributed by atoms with Gasteiger partial charge in [-0.2, -0.15) is 0 Å². The van der Waals surface area contributed by atoms with Gasteiger partial charge in [0.2, 0.25) is 0 Å². The molecule has 1 aliphatic rings. The molecule has 1 aromatic heterocycles. The average Bonchev–Trinajstić information content (AvgIpc) is 3.01. The molecule has 0 unspecified atom stereocenters. The summed E-state index contributed by atoms with van der Waals surface area (Å²) in [6.45, 7) is 5.92. The van der Waals surface area contributed by atoms with Gasteiger partial charge in [0.15, 0.2) is 5.11 Å². The van der Waals surface area contributed by atoms with Gasteiger partial charge in [-0.15, -0.1) is 0 Å². The molecule has 0 atom stereocenters. The molecule has 2 heterocycles. The molecule has 1 aliphatic heterocycles. The van der Waals surface area contributed by atoms with Crippen LogP contribution in [0.1, 0.15) is 22.5 Å². The van der Waals surface area contributed by atoms with Gasteiger partial charge in [-0.25, -0.2) is 4.39 Å².